The van der Waals surface area contributed by atoms with Gasteiger partial charge < -0.3 is 9.47 Å². The molecule has 1 aliphatic rings. The first kappa shape index (κ1) is 22.2. The molecule has 0 radical (unpaired) electrons. The molecule has 0 atom stereocenters. The lowest BCUT2D eigenvalue weighted by Gasteiger charge is -2.18. The Morgan fingerprint density at radius 3 is 2.39 bits per heavy atom. The van der Waals surface area contributed by atoms with Gasteiger partial charge in [0.15, 0.2) is 5.70 Å². The highest BCUT2D eigenvalue weighted by atomic mass is 16.6. The maximum atomic E-state index is 12.6. The van der Waals surface area contributed by atoms with Gasteiger partial charge in [-0.2, -0.15) is 0 Å². The van der Waals surface area contributed by atoms with Crippen molar-refractivity contribution in [3.63, 3.8) is 0 Å². The summed E-state index contributed by atoms with van der Waals surface area (Å²) in [7, 11) is 0. The molecule has 166 valence electrons. The molecule has 0 spiro atoms. The molecule has 0 bridgehead atoms. The number of benzene rings is 3. The van der Waals surface area contributed by atoms with E-state index in [-0.39, 0.29) is 17.0 Å². The molecule has 0 N–H and O–H groups in total. The number of esters is 2. The van der Waals surface area contributed by atoms with Gasteiger partial charge in [0.2, 0.25) is 5.90 Å². The third kappa shape index (κ3) is 5.26. The van der Waals surface area contributed by atoms with E-state index in [1.54, 1.807) is 42.5 Å². The van der Waals surface area contributed by atoms with Crippen LogP contribution < -0.4 is 4.74 Å². The highest BCUT2D eigenvalue weighted by Gasteiger charge is 2.24. The molecule has 0 saturated carbocycles. The van der Waals surface area contributed by atoms with Crippen LogP contribution in [-0.2, 0) is 14.9 Å². The van der Waals surface area contributed by atoms with Crippen molar-refractivity contribution >= 4 is 23.9 Å². The first-order valence-corrected chi connectivity index (χ1v) is 10.7. The Labute approximate surface area is 193 Å². The summed E-state index contributed by atoms with van der Waals surface area (Å²) in [6.07, 6.45) is 1.61. The van der Waals surface area contributed by atoms with E-state index < -0.39 is 11.9 Å². The first-order valence-electron chi connectivity index (χ1n) is 10.7. The summed E-state index contributed by atoms with van der Waals surface area (Å²) in [5, 5.41) is 0. The molecule has 1 aliphatic heterocycles. The zero-order valence-electron chi connectivity index (χ0n) is 19.1. The van der Waals surface area contributed by atoms with Crippen LogP contribution in [0.1, 0.15) is 53.4 Å². The molecule has 0 aliphatic carbocycles. The second-order valence-corrected chi connectivity index (χ2v) is 8.99. The van der Waals surface area contributed by atoms with Crippen LogP contribution in [0.25, 0.3) is 6.08 Å². The lowest BCUT2D eigenvalue weighted by Crippen LogP contribution is -2.12. The fraction of sp³-hybridized carbons (Fsp3) is 0.179. The van der Waals surface area contributed by atoms with Crippen LogP contribution in [0.4, 0.5) is 0 Å². The normalized spacial score (nSPS) is 14.7. The van der Waals surface area contributed by atoms with Crippen molar-refractivity contribution in [2.24, 2.45) is 4.99 Å². The summed E-state index contributed by atoms with van der Waals surface area (Å²) in [4.78, 5) is 29.2. The number of hydrogen-bond acceptors (Lipinski definition) is 5. The van der Waals surface area contributed by atoms with Gasteiger partial charge in [0, 0.05) is 5.56 Å². The van der Waals surface area contributed by atoms with Crippen LogP contribution in [0.2, 0.25) is 0 Å². The number of nitrogens with zero attached hydrogens (tertiary/aromatic N) is 1. The van der Waals surface area contributed by atoms with E-state index in [0.717, 1.165) is 16.7 Å². The number of rotatable bonds is 4. The quantitative estimate of drug-likeness (QED) is 0.290. The van der Waals surface area contributed by atoms with Crippen molar-refractivity contribution in [3.8, 4) is 5.75 Å². The van der Waals surface area contributed by atoms with E-state index in [9.17, 15) is 9.59 Å². The van der Waals surface area contributed by atoms with Gasteiger partial charge in [0.1, 0.15) is 5.75 Å². The molecule has 1 heterocycles. The van der Waals surface area contributed by atoms with Crippen molar-refractivity contribution < 1.29 is 19.1 Å². The Bertz CT molecular complexity index is 1280. The van der Waals surface area contributed by atoms with Gasteiger partial charge in [-0.1, -0.05) is 62.7 Å². The molecular formula is C28H25NO4. The van der Waals surface area contributed by atoms with E-state index in [4.69, 9.17) is 9.47 Å². The third-order valence-corrected chi connectivity index (χ3v) is 5.24. The molecule has 3 aromatic carbocycles. The number of hydrogen-bond donors (Lipinski definition) is 0. The number of carbonyl (C=O) groups is 2. The van der Waals surface area contributed by atoms with Crippen molar-refractivity contribution in [2.45, 2.75) is 33.1 Å². The number of ether oxygens (including phenoxy) is 2. The Morgan fingerprint density at radius 2 is 1.70 bits per heavy atom. The molecule has 0 unspecified atom stereocenters. The molecule has 4 rings (SSSR count). The van der Waals surface area contributed by atoms with Gasteiger partial charge in [-0.25, -0.2) is 14.6 Å². The maximum Gasteiger partial charge on any atom is 0.363 e. The molecule has 0 amide bonds. The second-order valence-electron chi connectivity index (χ2n) is 8.99. The molecule has 0 saturated heterocycles. The van der Waals surface area contributed by atoms with E-state index >= 15 is 0 Å². The number of cyclic esters (lactones) is 1. The van der Waals surface area contributed by atoms with E-state index in [0.29, 0.717) is 16.9 Å². The summed E-state index contributed by atoms with van der Waals surface area (Å²) in [6.45, 7) is 8.32. The molecule has 0 fully saturated rings. The van der Waals surface area contributed by atoms with E-state index in [2.05, 4.69) is 25.8 Å². The van der Waals surface area contributed by atoms with Crippen LogP contribution in [0.15, 0.2) is 83.5 Å². The topological polar surface area (TPSA) is 65.0 Å². The van der Waals surface area contributed by atoms with Gasteiger partial charge in [0.05, 0.1) is 5.56 Å². The van der Waals surface area contributed by atoms with Crippen LogP contribution in [0, 0.1) is 6.92 Å². The zero-order chi connectivity index (χ0) is 23.6. The molecule has 5 nitrogen and oxygen atoms in total. The first-order chi connectivity index (χ1) is 15.7. The molecule has 0 aromatic heterocycles. The van der Waals surface area contributed by atoms with E-state index in [1.165, 1.54) is 0 Å². The lowest BCUT2D eigenvalue weighted by molar-refractivity contribution is -0.129. The van der Waals surface area contributed by atoms with Crippen LogP contribution in [0.5, 0.6) is 5.75 Å². The van der Waals surface area contributed by atoms with Crippen LogP contribution in [0.3, 0.4) is 0 Å². The SMILES string of the molecule is Cc1cccc(C2=N/C(=C\c3cccc(OC(=O)c4ccc(C(C)(C)C)cc4)c3)C(=O)O2)c1. The minimum atomic E-state index is -0.521. The Morgan fingerprint density at radius 1 is 0.970 bits per heavy atom. The van der Waals surface area contributed by atoms with Crippen molar-refractivity contribution in [2.75, 3.05) is 0 Å². The zero-order valence-corrected chi connectivity index (χ0v) is 19.1. The third-order valence-electron chi connectivity index (χ3n) is 5.24. The molecule has 33 heavy (non-hydrogen) atoms. The van der Waals surface area contributed by atoms with Crippen LogP contribution >= 0.6 is 0 Å². The highest BCUT2D eigenvalue weighted by Crippen LogP contribution is 2.24. The summed E-state index contributed by atoms with van der Waals surface area (Å²) < 4.78 is 10.9. The van der Waals surface area contributed by atoms with Crippen molar-refractivity contribution in [3.05, 3.63) is 106 Å². The summed E-state index contributed by atoms with van der Waals surface area (Å²) in [5.74, 6) is -0.312. The average Bonchev–Trinajstić information content (AvgIpc) is 3.14. The van der Waals surface area contributed by atoms with Crippen LogP contribution in [-0.4, -0.2) is 17.8 Å². The van der Waals surface area contributed by atoms with Crippen molar-refractivity contribution in [1.82, 2.24) is 0 Å². The Kier molecular flexibility index (Phi) is 5.97. The fourth-order valence-electron chi connectivity index (χ4n) is 3.41. The predicted molar refractivity (Wildman–Crippen MR) is 128 cm³/mol. The van der Waals surface area contributed by atoms with Crippen molar-refractivity contribution in [1.29, 1.82) is 0 Å². The predicted octanol–water partition coefficient (Wildman–Crippen LogP) is 5.86. The maximum absolute atomic E-state index is 12.6. The second kappa shape index (κ2) is 8.87. The molecule has 5 heteroatoms. The largest absolute Gasteiger partial charge is 0.423 e. The Hall–Kier alpha value is -3.99. The summed E-state index contributed by atoms with van der Waals surface area (Å²) in [6, 6.07) is 21.9. The number of carbonyl (C=O) groups excluding carboxylic acids is 2. The van der Waals surface area contributed by atoms with Gasteiger partial charge in [0.25, 0.3) is 0 Å². The number of aryl methyl sites for hydroxylation is 1. The minimum absolute atomic E-state index is 0.00728. The van der Waals surface area contributed by atoms with Gasteiger partial charge >= 0.3 is 11.9 Å². The minimum Gasteiger partial charge on any atom is -0.423 e. The van der Waals surface area contributed by atoms with Gasteiger partial charge in [-0.3, -0.25) is 0 Å². The standard InChI is InChI=1S/C28H25NO4/c1-18-7-5-9-21(15-18)25-29-24(27(31)33-25)17-19-8-6-10-23(16-19)32-26(30)20-11-13-22(14-12-20)28(2,3)4/h5-17H,1-4H3/b24-17-. The van der Waals surface area contributed by atoms with Gasteiger partial charge in [-0.15, -0.1) is 0 Å². The Balaban J connectivity index is 1.51. The molecule has 3 aromatic rings. The fourth-order valence-corrected chi connectivity index (χ4v) is 3.41. The smallest absolute Gasteiger partial charge is 0.363 e. The summed E-state index contributed by atoms with van der Waals surface area (Å²) >= 11 is 0. The average molecular weight is 440 g/mol. The van der Waals surface area contributed by atoms with E-state index in [1.807, 2.05) is 43.3 Å². The number of aliphatic imine (C=N–C) groups is 1. The lowest BCUT2D eigenvalue weighted by atomic mass is 9.87. The monoisotopic (exact) mass is 439 g/mol. The summed E-state index contributed by atoms with van der Waals surface area (Å²) in [5.41, 5.74) is 4.27. The molecular weight excluding hydrogens is 414 g/mol. The highest BCUT2D eigenvalue weighted by molar-refractivity contribution is 6.12. The van der Waals surface area contributed by atoms with Gasteiger partial charge in [-0.05, 0) is 65.9 Å².